The van der Waals surface area contributed by atoms with Crippen molar-refractivity contribution in [2.24, 2.45) is 5.84 Å². The van der Waals surface area contributed by atoms with Gasteiger partial charge in [-0.1, -0.05) is 18.2 Å². The molecule has 2 rings (SSSR count). The van der Waals surface area contributed by atoms with Crippen LogP contribution in [0, 0.1) is 5.82 Å². The van der Waals surface area contributed by atoms with Gasteiger partial charge in [0.25, 0.3) is 5.91 Å². The molecule has 0 aliphatic carbocycles. The number of hydrogen-bond acceptors (Lipinski definition) is 3. The number of hydrogen-bond donors (Lipinski definition) is 2. The number of nitrogens with one attached hydrogen (secondary N) is 1. The second-order valence-corrected chi connectivity index (χ2v) is 4.46. The molecule has 20 heavy (non-hydrogen) atoms. The van der Waals surface area contributed by atoms with E-state index in [1.165, 1.54) is 12.1 Å². The number of nitrogens with zero attached hydrogens (tertiary/aromatic N) is 1. The van der Waals surface area contributed by atoms with E-state index in [0.29, 0.717) is 12.1 Å². The van der Waals surface area contributed by atoms with Crippen LogP contribution in [0.15, 0.2) is 48.5 Å². The van der Waals surface area contributed by atoms with Crippen molar-refractivity contribution in [3.05, 3.63) is 65.5 Å². The van der Waals surface area contributed by atoms with Crippen LogP contribution in [0.4, 0.5) is 10.1 Å². The van der Waals surface area contributed by atoms with Crippen molar-refractivity contribution in [1.29, 1.82) is 0 Å². The van der Waals surface area contributed by atoms with Gasteiger partial charge in [0.05, 0.1) is 0 Å². The van der Waals surface area contributed by atoms with Gasteiger partial charge in [-0.2, -0.15) is 0 Å². The molecule has 0 spiro atoms. The summed E-state index contributed by atoms with van der Waals surface area (Å²) in [5.41, 5.74) is 4.39. The van der Waals surface area contributed by atoms with Crippen LogP contribution in [-0.4, -0.2) is 13.0 Å². The smallest absolute Gasteiger partial charge is 0.265 e. The quantitative estimate of drug-likeness (QED) is 0.509. The minimum absolute atomic E-state index is 0.273. The maximum Gasteiger partial charge on any atom is 0.265 e. The lowest BCUT2D eigenvalue weighted by molar-refractivity contribution is 0.0952. The van der Waals surface area contributed by atoms with Crippen molar-refractivity contribution < 1.29 is 9.18 Å². The number of benzene rings is 2. The van der Waals surface area contributed by atoms with Gasteiger partial charge in [-0.05, 0) is 35.9 Å². The molecule has 104 valence electrons. The first-order valence-corrected chi connectivity index (χ1v) is 6.17. The minimum atomic E-state index is -0.326. The molecule has 0 atom stereocenters. The maximum absolute atomic E-state index is 12.9. The first kappa shape index (κ1) is 14.0. The fourth-order valence-electron chi connectivity index (χ4n) is 2.00. The van der Waals surface area contributed by atoms with E-state index in [0.717, 1.165) is 11.3 Å². The van der Waals surface area contributed by atoms with Crippen LogP contribution in [0.2, 0.25) is 0 Å². The number of carbonyl (C=O) groups is 1. The number of anilines is 1. The number of nitrogens with two attached hydrogens (primary N) is 1. The topological polar surface area (TPSA) is 58.4 Å². The van der Waals surface area contributed by atoms with Gasteiger partial charge in [-0.15, -0.1) is 0 Å². The summed E-state index contributed by atoms with van der Waals surface area (Å²) >= 11 is 0. The van der Waals surface area contributed by atoms with Gasteiger partial charge >= 0.3 is 0 Å². The Kier molecular flexibility index (Phi) is 4.32. The summed E-state index contributed by atoms with van der Waals surface area (Å²) in [5.74, 6) is 4.58. The van der Waals surface area contributed by atoms with Gasteiger partial charge in [0, 0.05) is 24.8 Å². The number of amides is 1. The number of halogens is 1. The first-order chi connectivity index (χ1) is 9.61. The van der Waals surface area contributed by atoms with Crippen LogP contribution in [0.1, 0.15) is 15.9 Å². The monoisotopic (exact) mass is 273 g/mol. The molecule has 0 heterocycles. The highest BCUT2D eigenvalue weighted by molar-refractivity contribution is 5.95. The predicted octanol–water partition coefficient (Wildman–Crippen LogP) is 2.07. The molecule has 2 aromatic carbocycles. The maximum atomic E-state index is 12.9. The fraction of sp³-hybridized carbons (Fsp3) is 0.133. The van der Waals surface area contributed by atoms with Crippen LogP contribution in [0.3, 0.4) is 0 Å². The van der Waals surface area contributed by atoms with Crippen molar-refractivity contribution in [3.8, 4) is 0 Å². The molecule has 0 aliphatic rings. The van der Waals surface area contributed by atoms with Crippen LogP contribution in [-0.2, 0) is 6.54 Å². The Bertz CT molecular complexity index is 598. The molecule has 0 unspecified atom stereocenters. The van der Waals surface area contributed by atoms with Crippen LogP contribution >= 0.6 is 0 Å². The molecule has 0 aromatic heterocycles. The van der Waals surface area contributed by atoms with Crippen molar-refractivity contribution in [3.63, 3.8) is 0 Å². The van der Waals surface area contributed by atoms with Crippen molar-refractivity contribution >= 4 is 11.6 Å². The molecule has 1 amide bonds. The Hall–Kier alpha value is -2.40. The summed E-state index contributed by atoms with van der Waals surface area (Å²) in [6, 6.07) is 13.4. The third-order valence-corrected chi connectivity index (χ3v) is 3.07. The molecule has 3 N–H and O–H groups in total. The normalized spacial score (nSPS) is 10.2. The summed E-state index contributed by atoms with van der Waals surface area (Å²) in [7, 11) is 1.88. The summed E-state index contributed by atoms with van der Waals surface area (Å²) < 4.78 is 12.9. The summed E-state index contributed by atoms with van der Waals surface area (Å²) in [4.78, 5) is 13.6. The van der Waals surface area contributed by atoms with E-state index in [2.05, 4.69) is 5.43 Å². The van der Waals surface area contributed by atoms with E-state index in [9.17, 15) is 9.18 Å². The molecule has 2 aromatic rings. The zero-order valence-corrected chi connectivity index (χ0v) is 11.1. The highest BCUT2D eigenvalue weighted by Gasteiger charge is 2.11. The Morgan fingerprint density at radius 1 is 1.20 bits per heavy atom. The third kappa shape index (κ3) is 3.13. The van der Waals surface area contributed by atoms with E-state index < -0.39 is 0 Å². The molecule has 0 aliphatic heterocycles. The number of rotatable bonds is 4. The minimum Gasteiger partial charge on any atom is -0.370 e. The van der Waals surface area contributed by atoms with Gasteiger partial charge in [0.2, 0.25) is 0 Å². The molecule has 0 radical (unpaired) electrons. The number of nitrogen functional groups attached to an aromatic ring is 1. The summed E-state index contributed by atoms with van der Waals surface area (Å²) in [5, 5.41) is 0. The van der Waals surface area contributed by atoms with Gasteiger partial charge in [0.15, 0.2) is 0 Å². The standard InChI is InChI=1S/C15H16FN3O/c1-19(13-8-6-12(16)7-9-13)10-11-4-2-3-5-14(11)15(20)18-17/h2-9H,10,17H2,1H3,(H,18,20). The second kappa shape index (κ2) is 6.16. The molecular formula is C15H16FN3O. The Balaban J connectivity index is 2.21. The Morgan fingerprint density at radius 3 is 2.50 bits per heavy atom. The lowest BCUT2D eigenvalue weighted by Crippen LogP contribution is -2.31. The molecule has 0 saturated carbocycles. The zero-order chi connectivity index (χ0) is 14.5. The SMILES string of the molecule is CN(Cc1ccccc1C(=O)NN)c1ccc(F)cc1. The van der Waals surface area contributed by atoms with Crippen molar-refractivity contribution in [1.82, 2.24) is 5.43 Å². The second-order valence-electron chi connectivity index (χ2n) is 4.46. The highest BCUT2D eigenvalue weighted by atomic mass is 19.1. The predicted molar refractivity (Wildman–Crippen MR) is 76.6 cm³/mol. The third-order valence-electron chi connectivity index (χ3n) is 3.07. The number of hydrazine groups is 1. The van der Waals surface area contributed by atoms with Gasteiger partial charge in [0.1, 0.15) is 5.82 Å². The van der Waals surface area contributed by atoms with E-state index >= 15 is 0 Å². The fourth-order valence-corrected chi connectivity index (χ4v) is 2.00. The van der Waals surface area contributed by atoms with E-state index in [-0.39, 0.29) is 11.7 Å². The molecule has 4 nitrogen and oxygen atoms in total. The van der Waals surface area contributed by atoms with E-state index in [4.69, 9.17) is 5.84 Å². The van der Waals surface area contributed by atoms with E-state index in [1.807, 2.05) is 24.1 Å². The Labute approximate surface area is 117 Å². The summed E-state index contributed by atoms with van der Waals surface area (Å²) in [6.45, 7) is 0.523. The summed E-state index contributed by atoms with van der Waals surface area (Å²) in [6.07, 6.45) is 0. The Morgan fingerprint density at radius 2 is 1.85 bits per heavy atom. The average Bonchev–Trinajstić information content (AvgIpc) is 2.47. The highest BCUT2D eigenvalue weighted by Crippen LogP contribution is 2.18. The molecule has 0 saturated heterocycles. The molecular weight excluding hydrogens is 257 g/mol. The van der Waals surface area contributed by atoms with Crippen LogP contribution < -0.4 is 16.2 Å². The number of carbonyl (C=O) groups excluding carboxylic acids is 1. The first-order valence-electron chi connectivity index (χ1n) is 6.17. The molecule has 5 heteroatoms. The molecule has 0 fully saturated rings. The zero-order valence-electron chi connectivity index (χ0n) is 11.1. The lowest BCUT2D eigenvalue weighted by Gasteiger charge is -2.20. The van der Waals surface area contributed by atoms with Crippen LogP contribution in [0.25, 0.3) is 0 Å². The van der Waals surface area contributed by atoms with E-state index in [1.54, 1.807) is 24.3 Å². The van der Waals surface area contributed by atoms with Gasteiger partial charge in [-0.25, -0.2) is 10.2 Å². The molecule has 0 bridgehead atoms. The van der Waals surface area contributed by atoms with Gasteiger partial charge in [-0.3, -0.25) is 10.2 Å². The average molecular weight is 273 g/mol. The largest absolute Gasteiger partial charge is 0.370 e. The van der Waals surface area contributed by atoms with Crippen molar-refractivity contribution in [2.45, 2.75) is 6.54 Å². The lowest BCUT2D eigenvalue weighted by atomic mass is 10.1. The van der Waals surface area contributed by atoms with Gasteiger partial charge < -0.3 is 4.90 Å². The van der Waals surface area contributed by atoms with Crippen LogP contribution in [0.5, 0.6) is 0 Å². The van der Waals surface area contributed by atoms with Crippen molar-refractivity contribution in [2.75, 3.05) is 11.9 Å².